The van der Waals surface area contributed by atoms with Gasteiger partial charge in [0.1, 0.15) is 5.75 Å². The fourth-order valence-corrected chi connectivity index (χ4v) is 2.84. The second kappa shape index (κ2) is 8.81. The number of anilines is 1. The van der Waals surface area contributed by atoms with Crippen molar-refractivity contribution in [2.75, 3.05) is 11.9 Å². The molecule has 2 aromatic rings. The number of amides is 1. The standard InChI is InChI=1S/C20H22BrNO3/c1-4-13(2)15-8-9-19(18(21)11-15)25-12-20(24)22-17-7-5-6-16(10-17)14(3)23/h5-11,13H,4,12H2,1-3H3,(H,22,24). The molecule has 1 amide bonds. The van der Waals surface area contributed by atoms with Crippen LogP contribution in [0.15, 0.2) is 46.9 Å². The molecule has 5 heteroatoms. The molecule has 0 bridgehead atoms. The summed E-state index contributed by atoms with van der Waals surface area (Å²) in [6, 6.07) is 12.7. The molecule has 1 N–H and O–H groups in total. The van der Waals surface area contributed by atoms with Crippen molar-refractivity contribution in [3.8, 4) is 5.75 Å². The first-order valence-corrected chi connectivity index (χ1v) is 9.03. The van der Waals surface area contributed by atoms with Crippen LogP contribution in [0.3, 0.4) is 0 Å². The highest BCUT2D eigenvalue weighted by Crippen LogP contribution is 2.30. The van der Waals surface area contributed by atoms with E-state index in [1.165, 1.54) is 12.5 Å². The second-order valence-corrected chi connectivity index (χ2v) is 6.83. The van der Waals surface area contributed by atoms with Crippen LogP contribution in [0, 0.1) is 0 Å². The maximum absolute atomic E-state index is 12.1. The van der Waals surface area contributed by atoms with Crippen LogP contribution in [-0.4, -0.2) is 18.3 Å². The van der Waals surface area contributed by atoms with E-state index in [1.807, 2.05) is 18.2 Å². The van der Waals surface area contributed by atoms with E-state index >= 15 is 0 Å². The molecule has 0 fully saturated rings. The highest BCUT2D eigenvalue weighted by Gasteiger charge is 2.10. The Bertz CT molecular complexity index is 773. The van der Waals surface area contributed by atoms with E-state index in [9.17, 15) is 9.59 Å². The Morgan fingerprint density at radius 2 is 1.96 bits per heavy atom. The van der Waals surface area contributed by atoms with Crippen molar-refractivity contribution in [1.82, 2.24) is 0 Å². The maximum Gasteiger partial charge on any atom is 0.262 e. The lowest BCUT2D eigenvalue weighted by atomic mass is 9.99. The second-order valence-electron chi connectivity index (χ2n) is 5.97. The molecule has 1 unspecified atom stereocenters. The highest BCUT2D eigenvalue weighted by atomic mass is 79.9. The van der Waals surface area contributed by atoms with Gasteiger partial charge in [0, 0.05) is 11.3 Å². The number of benzene rings is 2. The van der Waals surface area contributed by atoms with Gasteiger partial charge >= 0.3 is 0 Å². The van der Waals surface area contributed by atoms with Crippen LogP contribution in [-0.2, 0) is 4.79 Å². The number of carbonyl (C=O) groups excluding carboxylic acids is 2. The van der Waals surface area contributed by atoms with Gasteiger partial charge in [-0.05, 0) is 65.0 Å². The van der Waals surface area contributed by atoms with Gasteiger partial charge in [-0.15, -0.1) is 0 Å². The normalized spacial score (nSPS) is 11.7. The van der Waals surface area contributed by atoms with Crippen LogP contribution in [0.4, 0.5) is 5.69 Å². The van der Waals surface area contributed by atoms with E-state index < -0.39 is 0 Å². The topological polar surface area (TPSA) is 55.4 Å². The molecule has 0 radical (unpaired) electrons. The van der Waals surface area contributed by atoms with Gasteiger partial charge in [0.05, 0.1) is 4.47 Å². The number of carbonyl (C=O) groups is 2. The average Bonchev–Trinajstić information content (AvgIpc) is 2.60. The summed E-state index contributed by atoms with van der Waals surface area (Å²) in [4.78, 5) is 23.4. The lowest BCUT2D eigenvalue weighted by Gasteiger charge is -2.13. The summed E-state index contributed by atoms with van der Waals surface area (Å²) in [5.41, 5.74) is 2.36. The van der Waals surface area contributed by atoms with Gasteiger partial charge in [-0.25, -0.2) is 0 Å². The van der Waals surface area contributed by atoms with Crippen molar-refractivity contribution >= 4 is 33.3 Å². The Hall–Kier alpha value is -2.14. The summed E-state index contributed by atoms with van der Waals surface area (Å²) in [6.07, 6.45) is 1.06. The molecule has 0 aromatic heterocycles. The molecule has 0 spiro atoms. The number of halogens is 1. The minimum atomic E-state index is -0.279. The molecular weight excluding hydrogens is 382 g/mol. The first-order valence-electron chi connectivity index (χ1n) is 8.23. The van der Waals surface area contributed by atoms with Crippen LogP contribution in [0.5, 0.6) is 5.75 Å². The van der Waals surface area contributed by atoms with Crippen molar-refractivity contribution < 1.29 is 14.3 Å². The van der Waals surface area contributed by atoms with Gasteiger partial charge in [-0.2, -0.15) is 0 Å². The van der Waals surface area contributed by atoms with Crippen molar-refractivity contribution in [3.63, 3.8) is 0 Å². The van der Waals surface area contributed by atoms with Gasteiger partial charge in [0.25, 0.3) is 5.91 Å². The zero-order valence-electron chi connectivity index (χ0n) is 14.6. The third-order valence-corrected chi connectivity index (χ3v) is 4.67. The largest absolute Gasteiger partial charge is 0.483 e. The lowest BCUT2D eigenvalue weighted by molar-refractivity contribution is -0.118. The molecule has 2 aromatic carbocycles. The summed E-state index contributed by atoms with van der Waals surface area (Å²) in [5.74, 6) is 0.776. The predicted molar refractivity (Wildman–Crippen MR) is 103 cm³/mol. The van der Waals surface area contributed by atoms with E-state index in [1.54, 1.807) is 24.3 Å². The SMILES string of the molecule is CCC(C)c1ccc(OCC(=O)Nc2cccc(C(C)=O)c2)c(Br)c1. The average molecular weight is 404 g/mol. The number of rotatable bonds is 7. The van der Waals surface area contributed by atoms with Gasteiger partial charge in [0.2, 0.25) is 0 Å². The number of ketones is 1. The molecule has 25 heavy (non-hydrogen) atoms. The molecule has 0 aliphatic rings. The van der Waals surface area contributed by atoms with Crippen molar-refractivity contribution in [3.05, 3.63) is 58.1 Å². The fraction of sp³-hybridized carbons (Fsp3) is 0.300. The van der Waals surface area contributed by atoms with Gasteiger partial charge in [0.15, 0.2) is 12.4 Å². The predicted octanol–water partition coefficient (Wildman–Crippen LogP) is 5.18. The van der Waals surface area contributed by atoms with E-state index in [4.69, 9.17) is 4.74 Å². The number of nitrogens with one attached hydrogen (secondary N) is 1. The molecule has 4 nitrogen and oxygen atoms in total. The molecule has 0 aliphatic heterocycles. The summed E-state index contributed by atoms with van der Waals surface area (Å²) >= 11 is 3.49. The molecule has 1 atom stereocenters. The Kier molecular flexibility index (Phi) is 6.76. The third-order valence-electron chi connectivity index (χ3n) is 4.05. The Labute approximate surface area is 156 Å². The van der Waals surface area contributed by atoms with E-state index in [-0.39, 0.29) is 18.3 Å². The maximum atomic E-state index is 12.1. The Morgan fingerprint density at radius 1 is 1.20 bits per heavy atom. The molecule has 2 rings (SSSR count). The monoisotopic (exact) mass is 403 g/mol. The van der Waals surface area contributed by atoms with E-state index in [2.05, 4.69) is 35.1 Å². The lowest BCUT2D eigenvalue weighted by Crippen LogP contribution is -2.20. The van der Waals surface area contributed by atoms with Crippen LogP contribution in [0.25, 0.3) is 0 Å². The minimum absolute atomic E-state index is 0.0438. The highest BCUT2D eigenvalue weighted by molar-refractivity contribution is 9.10. The minimum Gasteiger partial charge on any atom is -0.483 e. The number of ether oxygens (including phenoxy) is 1. The molecular formula is C20H22BrNO3. The van der Waals surface area contributed by atoms with Crippen molar-refractivity contribution in [1.29, 1.82) is 0 Å². The number of hydrogen-bond donors (Lipinski definition) is 1. The smallest absolute Gasteiger partial charge is 0.262 e. The van der Waals surface area contributed by atoms with Crippen molar-refractivity contribution in [2.24, 2.45) is 0 Å². The summed E-state index contributed by atoms with van der Waals surface area (Å²) in [5, 5.41) is 2.73. The summed E-state index contributed by atoms with van der Waals surface area (Å²) in [7, 11) is 0. The molecule has 0 heterocycles. The molecule has 0 aliphatic carbocycles. The van der Waals surface area contributed by atoms with Gasteiger partial charge in [-0.3, -0.25) is 9.59 Å². The quantitative estimate of drug-likeness (QED) is 0.647. The van der Waals surface area contributed by atoms with E-state index in [0.29, 0.717) is 22.9 Å². The number of hydrogen-bond acceptors (Lipinski definition) is 3. The first-order chi connectivity index (χ1) is 11.9. The van der Waals surface area contributed by atoms with Crippen LogP contribution in [0.2, 0.25) is 0 Å². The van der Waals surface area contributed by atoms with Crippen LogP contribution in [0.1, 0.15) is 49.0 Å². The third kappa shape index (κ3) is 5.43. The Balaban J connectivity index is 1.96. The fourth-order valence-electron chi connectivity index (χ4n) is 2.33. The van der Waals surface area contributed by atoms with Crippen LogP contribution >= 0.6 is 15.9 Å². The van der Waals surface area contributed by atoms with Crippen molar-refractivity contribution in [2.45, 2.75) is 33.1 Å². The molecule has 0 saturated heterocycles. The Morgan fingerprint density at radius 3 is 2.60 bits per heavy atom. The summed E-state index contributed by atoms with van der Waals surface area (Å²) in [6.45, 7) is 5.70. The zero-order chi connectivity index (χ0) is 18.4. The number of Topliss-reactive ketones (excluding diaryl/α,β-unsaturated/α-hetero) is 1. The first kappa shape index (κ1) is 19.2. The van der Waals surface area contributed by atoms with Gasteiger partial charge in [-0.1, -0.05) is 32.0 Å². The molecule has 132 valence electrons. The summed E-state index contributed by atoms with van der Waals surface area (Å²) < 4.78 is 6.42. The molecule has 0 saturated carbocycles. The zero-order valence-corrected chi connectivity index (χ0v) is 16.2. The van der Waals surface area contributed by atoms with Crippen LogP contribution < -0.4 is 10.1 Å². The van der Waals surface area contributed by atoms with E-state index in [0.717, 1.165) is 10.9 Å². The van der Waals surface area contributed by atoms with Gasteiger partial charge < -0.3 is 10.1 Å².